The van der Waals surface area contributed by atoms with Crippen molar-refractivity contribution in [2.75, 3.05) is 0 Å². The highest BCUT2D eigenvalue weighted by atomic mass is 35.5. The molecule has 17 heavy (non-hydrogen) atoms. The maximum atomic E-state index is 6.32. The standard InChI is InChI=1S/C14H17ClN2/c1-14(2)6-10(16)13-9-5-8(15)3-4-11(9)17-12(13)7-14/h3-5,10,17H,6-7,16H2,1-2H3. The highest BCUT2D eigenvalue weighted by Crippen LogP contribution is 2.42. The summed E-state index contributed by atoms with van der Waals surface area (Å²) >= 11 is 6.07. The van der Waals surface area contributed by atoms with Crippen molar-refractivity contribution in [2.45, 2.75) is 32.7 Å². The van der Waals surface area contributed by atoms with Crippen molar-refractivity contribution in [3.8, 4) is 0 Å². The lowest BCUT2D eigenvalue weighted by atomic mass is 9.74. The van der Waals surface area contributed by atoms with Gasteiger partial charge in [-0.3, -0.25) is 0 Å². The number of hydrogen-bond donors (Lipinski definition) is 2. The molecule has 0 fully saturated rings. The Labute approximate surface area is 106 Å². The minimum absolute atomic E-state index is 0.112. The third kappa shape index (κ3) is 1.76. The lowest BCUT2D eigenvalue weighted by Gasteiger charge is -2.33. The molecule has 2 aromatic rings. The first kappa shape index (κ1) is 11.1. The van der Waals surface area contributed by atoms with Gasteiger partial charge in [-0.05, 0) is 42.0 Å². The maximum absolute atomic E-state index is 6.32. The van der Waals surface area contributed by atoms with Gasteiger partial charge in [0.05, 0.1) is 0 Å². The third-order valence-corrected chi connectivity index (χ3v) is 3.92. The summed E-state index contributed by atoms with van der Waals surface area (Å²) in [4.78, 5) is 3.49. The average Bonchev–Trinajstić information content (AvgIpc) is 2.52. The zero-order valence-corrected chi connectivity index (χ0v) is 10.9. The number of halogens is 1. The van der Waals surface area contributed by atoms with Crippen molar-refractivity contribution in [3.05, 3.63) is 34.5 Å². The van der Waals surface area contributed by atoms with Crippen LogP contribution in [0.25, 0.3) is 10.9 Å². The molecular formula is C14H17ClN2. The van der Waals surface area contributed by atoms with Crippen LogP contribution in [-0.2, 0) is 6.42 Å². The van der Waals surface area contributed by atoms with Crippen molar-refractivity contribution >= 4 is 22.5 Å². The molecule has 1 heterocycles. The number of nitrogens with two attached hydrogens (primary N) is 1. The van der Waals surface area contributed by atoms with Gasteiger partial charge in [-0.1, -0.05) is 25.4 Å². The molecule has 1 aromatic heterocycles. The Morgan fingerprint density at radius 3 is 2.94 bits per heavy atom. The summed E-state index contributed by atoms with van der Waals surface area (Å²) in [5.41, 5.74) is 10.3. The number of H-pyrrole nitrogens is 1. The highest BCUT2D eigenvalue weighted by molar-refractivity contribution is 6.31. The summed E-state index contributed by atoms with van der Waals surface area (Å²) in [6.07, 6.45) is 2.09. The van der Waals surface area contributed by atoms with E-state index in [-0.39, 0.29) is 11.5 Å². The molecule has 1 atom stereocenters. The van der Waals surface area contributed by atoms with E-state index < -0.39 is 0 Å². The van der Waals surface area contributed by atoms with Crippen molar-refractivity contribution in [1.29, 1.82) is 0 Å². The van der Waals surface area contributed by atoms with Gasteiger partial charge >= 0.3 is 0 Å². The summed E-state index contributed by atoms with van der Waals surface area (Å²) in [5.74, 6) is 0. The fourth-order valence-electron chi connectivity index (χ4n) is 3.05. The van der Waals surface area contributed by atoms with Gasteiger partial charge in [0.15, 0.2) is 0 Å². The lowest BCUT2D eigenvalue weighted by Crippen LogP contribution is -2.29. The van der Waals surface area contributed by atoms with Crippen LogP contribution in [0.1, 0.15) is 37.6 Å². The minimum atomic E-state index is 0.112. The minimum Gasteiger partial charge on any atom is -0.358 e. The first-order chi connectivity index (χ1) is 7.96. The normalized spacial score (nSPS) is 22.7. The van der Waals surface area contributed by atoms with Crippen LogP contribution in [-0.4, -0.2) is 4.98 Å². The van der Waals surface area contributed by atoms with Crippen LogP contribution in [0.5, 0.6) is 0 Å². The van der Waals surface area contributed by atoms with E-state index in [1.54, 1.807) is 0 Å². The van der Waals surface area contributed by atoms with Gasteiger partial charge < -0.3 is 10.7 Å². The average molecular weight is 249 g/mol. The van der Waals surface area contributed by atoms with Crippen LogP contribution in [0.15, 0.2) is 18.2 Å². The van der Waals surface area contributed by atoms with E-state index in [0.29, 0.717) is 0 Å². The summed E-state index contributed by atoms with van der Waals surface area (Å²) < 4.78 is 0. The van der Waals surface area contributed by atoms with Crippen LogP contribution in [0.2, 0.25) is 5.02 Å². The molecule has 1 aliphatic carbocycles. The molecule has 2 nitrogen and oxygen atoms in total. The van der Waals surface area contributed by atoms with E-state index in [4.69, 9.17) is 17.3 Å². The van der Waals surface area contributed by atoms with Gasteiger partial charge in [0.1, 0.15) is 0 Å². The second-order valence-corrected chi connectivity index (χ2v) is 6.30. The molecule has 1 aliphatic rings. The van der Waals surface area contributed by atoms with E-state index in [1.807, 2.05) is 18.2 Å². The molecular weight excluding hydrogens is 232 g/mol. The molecule has 3 N–H and O–H groups in total. The SMILES string of the molecule is CC1(C)Cc2[nH]c3ccc(Cl)cc3c2C(N)C1. The fourth-order valence-corrected chi connectivity index (χ4v) is 3.22. The highest BCUT2D eigenvalue weighted by Gasteiger charge is 2.32. The number of aromatic amines is 1. The van der Waals surface area contributed by atoms with Gasteiger partial charge in [-0.15, -0.1) is 0 Å². The summed E-state index contributed by atoms with van der Waals surface area (Å²) in [7, 11) is 0. The van der Waals surface area contributed by atoms with E-state index in [9.17, 15) is 0 Å². The Hall–Kier alpha value is -0.990. The molecule has 3 heteroatoms. The molecule has 0 amide bonds. The second kappa shape index (κ2) is 3.50. The molecule has 3 rings (SSSR count). The largest absolute Gasteiger partial charge is 0.358 e. The molecule has 0 bridgehead atoms. The predicted molar refractivity (Wildman–Crippen MR) is 72.3 cm³/mol. The number of fused-ring (bicyclic) bond motifs is 3. The van der Waals surface area contributed by atoms with Gasteiger partial charge in [-0.2, -0.15) is 0 Å². The van der Waals surface area contributed by atoms with Crippen molar-refractivity contribution in [3.63, 3.8) is 0 Å². The molecule has 0 saturated heterocycles. The fraction of sp³-hybridized carbons (Fsp3) is 0.429. The Kier molecular flexibility index (Phi) is 2.29. The van der Waals surface area contributed by atoms with Crippen LogP contribution in [0.3, 0.4) is 0 Å². The Morgan fingerprint density at radius 1 is 1.41 bits per heavy atom. The Balaban J connectivity index is 2.25. The van der Waals surface area contributed by atoms with Gasteiger partial charge in [-0.25, -0.2) is 0 Å². The molecule has 1 unspecified atom stereocenters. The van der Waals surface area contributed by atoms with Crippen molar-refractivity contribution < 1.29 is 0 Å². The molecule has 1 aromatic carbocycles. The van der Waals surface area contributed by atoms with E-state index in [2.05, 4.69) is 18.8 Å². The monoisotopic (exact) mass is 248 g/mol. The van der Waals surface area contributed by atoms with E-state index in [1.165, 1.54) is 16.6 Å². The van der Waals surface area contributed by atoms with Crippen LogP contribution in [0.4, 0.5) is 0 Å². The van der Waals surface area contributed by atoms with E-state index in [0.717, 1.165) is 23.4 Å². The van der Waals surface area contributed by atoms with Crippen LogP contribution < -0.4 is 5.73 Å². The Bertz CT molecular complexity index is 583. The topological polar surface area (TPSA) is 41.8 Å². The van der Waals surface area contributed by atoms with Crippen LogP contribution >= 0.6 is 11.6 Å². The number of benzene rings is 1. The van der Waals surface area contributed by atoms with Crippen molar-refractivity contribution in [2.24, 2.45) is 11.1 Å². The van der Waals surface area contributed by atoms with E-state index >= 15 is 0 Å². The zero-order valence-electron chi connectivity index (χ0n) is 10.2. The number of aromatic nitrogens is 1. The summed E-state index contributed by atoms with van der Waals surface area (Å²) in [5, 5.41) is 1.96. The van der Waals surface area contributed by atoms with Crippen LogP contribution in [0, 0.1) is 5.41 Å². The summed E-state index contributed by atoms with van der Waals surface area (Å²) in [6, 6.07) is 6.09. The first-order valence-electron chi connectivity index (χ1n) is 6.02. The number of rotatable bonds is 0. The Morgan fingerprint density at radius 2 is 2.18 bits per heavy atom. The maximum Gasteiger partial charge on any atom is 0.0460 e. The number of nitrogens with one attached hydrogen (secondary N) is 1. The zero-order chi connectivity index (χ0) is 12.2. The first-order valence-corrected chi connectivity index (χ1v) is 6.40. The van der Waals surface area contributed by atoms with Gasteiger partial charge in [0.25, 0.3) is 0 Å². The summed E-state index contributed by atoms with van der Waals surface area (Å²) in [6.45, 7) is 4.54. The molecule has 0 spiro atoms. The smallest absolute Gasteiger partial charge is 0.0460 e. The van der Waals surface area contributed by atoms with Gasteiger partial charge in [0.2, 0.25) is 0 Å². The van der Waals surface area contributed by atoms with Gasteiger partial charge in [0, 0.05) is 27.7 Å². The van der Waals surface area contributed by atoms with Crippen molar-refractivity contribution in [1.82, 2.24) is 4.98 Å². The quantitative estimate of drug-likeness (QED) is 0.732. The molecule has 0 radical (unpaired) electrons. The number of hydrogen-bond acceptors (Lipinski definition) is 1. The lowest BCUT2D eigenvalue weighted by molar-refractivity contribution is 0.281. The molecule has 0 aliphatic heterocycles. The third-order valence-electron chi connectivity index (χ3n) is 3.68. The predicted octanol–water partition coefficient (Wildman–Crippen LogP) is 3.79. The molecule has 90 valence electrons. The molecule has 0 saturated carbocycles. The second-order valence-electron chi connectivity index (χ2n) is 5.86.